The summed E-state index contributed by atoms with van der Waals surface area (Å²) >= 11 is 0. The van der Waals surface area contributed by atoms with E-state index in [-0.39, 0.29) is 26.0 Å². The third kappa shape index (κ3) is 4.85. The predicted molar refractivity (Wildman–Crippen MR) is 123 cm³/mol. The molecule has 1 aliphatic heterocycles. The van der Waals surface area contributed by atoms with E-state index in [2.05, 4.69) is 0 Å². The third-order valence-electron chi connectivity index (χ3n) is 5.78. The van der Waals surface area contributed by atoms with E-state index < -0.39 is 35.1 Å². The summed E-state index contributed by atoms with van der Waals surface area (Å²) in [6.45, 7) is 9.10. The van der Waals surface area contributed by atoms with Gasteiger partial charge in [0.05, 0.1) is 30.4 Å². The van der Waals surface area contributed by atoms with Gasteiger partial charge in [0, 0.05) is 18.9 Å². The number of methoxy groups -OCH3 is 1. The van der Waals surface area contributed by atoms with E-state index in [4.69, 9.17) is 19.2 Å². The van der Waals surface area contributed by atoms with Gasteiger partial charge in [-0.25, -0.2) is 9.59 Å². The van der Waals surface area contributed by atoms with Crippen LogP contribution in [0.2, 0.25) is 0 Å². The lowest BCUT2D eigenvalue weighted by Crippen LogP contribution is -2.50. The van der Waals surface area contributed by atoms with E-state index in [1.165, 1.54) is 12.0 Å². The number of ether oxygens (including phenoxy) is 3. The molecular formula is C25H32N2O6. The van der Waals surface area contributed by atoms with Crippen molar-refractivity contribution in [2.75, 3.05) is 13.7 Å². The number of fused-ring (bicyclic) bond motifs is 2. The van der Waals surface area contributed by atoms with Gasteiger partial charge in [0.15, 0.2) is 5.78 Å². The zero-order valence-electron chi connectivity index (χ0n) is 20.1. The fourth-order valence-electron chi connectivity index (χ4n) is 4.14. The number of rotatable bonds is 7. The summed E-state index contributed by atoms with van der Waals surface area (Å²) in [6, 6.07) is 8.93. The maximum Gasteiger partial charge on any atom is 0.411 e. The van der Waals surface area contributed by atoms with E-state index in [1.54, 1.807) is 34.6 Å². The Morgan fingerprint density at radius 3 is 2.45 bits per heavy atom. The molecule has 0 N–H and O–H groups in total. The van der Waals surface area contributed by atoms with Crippen LogP contribution >= 0.6 is 0 Å². The molecule has 2 heterocycles. The first-order valence-corrected chi connectivity index (χ1v) is 11.2. The minimum atomic E-state index is -1.74. The van der Waals surface area contributed by atoms with Gasteiger partial charge in [-0.15, -0.1) is 0 Å². The van der Waals surface area contributed by atoms with Crippen molar-refractivity contribution in [1.29, 1.82) is 0 Å². The molecule has 2 atom stereocenters. The molecule has 1 aliphatic rings. The van der Waals surface area contributed by atoms with Crippen LogP contribution < -0.4 is 0 Å². The van der Waals surface area contributed by atoms with Crippen LogP contribution in [-0.2, 0) is 30.3 Å². The second kappa shape index (κ2) is 9.47. The van der Waals surface area contributed by atoms with Crippen LogP contribution in [0.5, 0.6) is 0 Å². The number of amides is 1. The van der Waals surface area contributed by atoms with Crippen molar-refractivity contribution < 1.29 is 28.6 Å². The molecule has 8 heteroatoms. The number of aromatic nitrogens is 1. The van der Waals surface area contributed by atoms with E-state index in [9.17, 15) is 14.4 Å². The molecule has 3 rings (SSSR count). The average Bonchev–Trinajstić information content (AvgIpc) is 3.10. The number of nitrogens with zero attached hydrogens (tertiary/aromatic N) is 2. The zero-order valence-corrected chi connectivity index (χ0v) is 20.1. The minimum Gasteiger partial charge on any atom is -0.464 e. The number of esters is 1. The van der Waals surface area contributed by atoms with E-state index in [0.29, 0.717) is 5.69 Å². The van der Waals surface area contributed by atoms with Crippen LogP contribution in [0, 0.1) is 0 Å². The SMILES string of the molecule is CCOC(=O)C(CC)(OC)C(=O)CC1c2nc3ccccc3cc2CN1C(=O)OC(C)(C)C. The molecule has 33 heavy (non-hydrogen) atoms. The molecule has 0 bridgehead atoms. The monoisotopic (exact) mass is 456 g/mol. The van der Waals surface area contributed by atoms with Crippen molar-refractivity contribution >= 4 is 28.7 Å². The van der Waals surface area contributed by atoms with Crippen molar-refractivity contribution in [2.45, 2.75) is 71.2 Å². The maximum atomic E-state index is 13.5. The first kappa shape index (κ1) is 24.6. The van der Waals surface area contributed by atoms with Gasteiger partial charge in [-0.05, 0) is 51.8 Å². The number of pyridine rings is 1. The van der Waals surface area contributed by atoms with Crippen molar-refractivity contribution in [3.63, 3.8) is 0 Å². The van der Waals surface area contributed by atoms with Gasteiger partial charge in [-0.3, -0.25) is 14.7 Å². The van der Waals surface area contributed by atoms with Gasteiger partial charge < -0.3 is 14.2 Å². The fraction of sp³-hybridized carbons (Fsp3) is 0.520. The number of benzene rings is 1. The summed E-state index contributed by atoms with van der Waals surface area (Å²) in [5, 5.41) is 0.943. The number of ketones is 1. The summed E-state index contributed by atoms with van der Waals surface area (Å²) in [7, 11) is 1.32. The Bertz CT molecular complexity index is 1050. The molecule has 2 aromatic rings. The van der Waals surface area contributed by atoms with E-state index >= 15 is 0 Å². The largest absolute Gasteiger partial charge is 0.464 e. The highest BCUT2D eigenvalue weighted by molar-refractivity contribution is 6.07. The Balaban J connectivity index is 2.03. The van der Waals surface area contributed by atoms with Crippen molar-refractivity contribution in [3.8, 4) is 0 Å². The number of hydrogen-bond acceptors (Lipinski definition) is 7. The average molecular weight is 457 g/mol. The Hall–Kier alpha value is -3.00. The number of para-hydroxylation sites is 1. The Kier molecular flexibility index (Phi) is 7.07. The summed E-state index contributed by atoms with van der Waals surface area (Å²) in [4.78, 5) is 45.5. The quantitative estimate of drug-likeness (QED) is 0.452. The van der Waals surface area contributed by atoms with Crippen molar-refractivity contribution in [2.24, 2.45) is 0 Å². The lowest BCUT2D eigenvalue weighted by atomic mass is 9.89. The van der Waals surface area contributed by atoms with Gasteiger partial charge in [0.1, 0.15) is 5.60 Å². The van der Waals surface area contributed by atoms with Crippen molar-refractivity contribution in [3.05, 3.63) is 41.6 Å². The lowest BCUT2D eigenvalue weighted by molar-refractivity contribution is -0.174. The normalized spacial score (nSPS) is 17.4. The van der Waals surface area contributed by atoms with E-state index in [1.807, 2.05) is 30.3 Å². The van der Waals surface area contributed by atoms with Gasteiger partial charge in [0.25, 0.3) is 0 Å². The maximum absolute atomic E-state index is 13.5. The van der Waals surface area contributed by atoms with Crippen LogP contribution in [-0.4, -0.2) is 52.6 Å². The van der Waals surface area contributed by atoms with Crippen LogP contribution in [0.4, 0.5) is 4.79 Å². The minimum absolute atomic E-state index is 0.109. The van der Waals surface area contributed by atoms with Crippen LogP contribution in [0.3, 0.4) is 0 Å². The number of hydrogen-bond donors (Lipinski definition) is 0. The second-order valence-electron chi connectivity index (χ2n) is 9.08. The highest BCUT2D eigenvalue weighted by atomic mass is 16.6. The lowest BCUT2D eigenvalue weighted by Gasteiger charge is -2.31. The molecule has 1 aromatic heterocycles. The van der Waals surface area contributed by atoms with Crippen LogP contribution in [0.1, 0.15) is 64.8 Å². The highest BCUT2D eigenvalue weighted by Crippen LogP contribution is 2.39. The molecular weight excluding hydrogens is 424 g/mol. The summed E-state index contributed by atoms with van der Waals surface area (Å²) in [5.41, 5.74) is -0.220. The Labute approximate surface area is 194 Å². The number of Topliss-reactive ketones (excluding diaryl/α,β-unsaturated/α-hetero) is 1. The molecule has 0 spiro atoms. The summed E-state index contributed by atoms with van der Waals surface area (Å²) < 4.78 is 16.2. The Morgan fingerprint density at radius 2 is 1.85 bits per heavy atom. The summed E-state index contributed by atoms with van der Waals surface area (Å²) in [5.74, 6) is -1.19. The topological polar surface area (TPSA) is 95.0 Å². The predicted octanol–water partition coefficient (Wildman–Crippen LogP) is 4.34. The first-order chi connectivity index (χ1) is 15.6. The fourth-order valence-corrected chi connectivity index (χ4v) is 4.14. The second-order valence-corrected chi connectivity index (χ2v) is 9.08. The van der Waals surface area contributed by atoms with Gasteiger partial charge >= 0.3 is 12.1 Å². The highest BCUT2D eigenvalue weighted by Gasteiger charge is 2.49. The van der Waals surface area contributed by atoms with Gasteiger partial charge in [-0.1, -0.05) is 25.1 Å². The molecule has 0 saturated carbocycles. The van der Waals surface area contributed by atoms with Crippen molar-refractivity contribution in [1.82, 2.24) is 9.88 Å². The molecule has 1 aromatic carbocycles. The number of carbonyl (C=O) groups is 3. The smallest absolute Gasteiger partial charge is 0.411 e. The van der Waals surface area contributed by atoms with Gasteiger partial charge in [0.2, 0.25) is 5.60 Å². The third-order valence-corrected chi connectivity index (χ3v) is 5.78. The van der Waals surface area contributed by atoms with Gasteiger partial charge in [-0.2, -0.15) is 0 Å². The summed E-state index contributed by atoms with van der Waals surface area (Å²) in [6.07, 6.45) is -0.589. The molecule has 0 radical (unpaired) electrons. The molecule has 1 amide bonds. The number of carbonyl (C=O) groups excluding carboxylic acids is 3. The van der Waals surface area contributed by atoms with Crippen LogP contribution in [0.15, 0.2) is 30.3 Å². The molecule has 0 fully saturated rings. The molecule has 0 saturated heterocycles. The molecule has 8 nitrogen and oxygen atoms in total. The molecule has 178 valence electrons. The zero-order chi connectivity index (χ0) is 24.4. The van der Waals surface area contributed by atoms with Crippen LogP contribution in [0.25, 0.3) is 10.9 Å². The standard InChI is InChI=1S/C25H32N2O6/c1-7-25(31-6,22(29)32-8-2)20(28)14-19-21-17(13-16-11-9-10-12-18(16)26-21)15-27(19)23(30)33-24(3,4)5/h9-13,19H,7-8,14-15H2,1-6H3. The molecule has 0 aliphatic carbocycles. The Morgan fingerprint density at radius 1 is 1.15 bits per heavy atom. The van der Waals surface area contributed by atoms with E-state index in [0.717, 1.165) is 16.5 Å². The first-order valence-electron chi connectivity index (χ1n) is 11.2. The molecule has 2 unspecified atom stereocenters.